The van der Waals surface area contributed by atoms with Gasteiger partial charge in [-0.25, -0.2) is 0 Å². The summed E-state index contributed by atoms with van der Waals surface area (Å²) >= 11 is 0. The van der Waals surface area contributed by atoms with Crippen LogP contribution in [0.25, 0.3) is 0 Å². The molecular weight excluding hydrogens is 344 g/mol. The zero-order chi connectivity index (χ0) is 20.7. The molecule has 0 saturated heterocycles. The summed E-state index contributed by atoms with van der Waals surface area (Å²) in [5.74, 6) is 2.15. The molecule has 0 spiro atoms. The minimum absolute atomic E-state index is 0.130. The number of fused-ring (bicyclic) bond motifs is 4. The molecule has 0 saturated carbocycles. The maximum Gasteiger partial charge on any atom is 0.125 e. The van der Waals surface area contributed by atoms with Gasteiger partial charge in [-0.2, -0.15) is 0 Å². The minimum atomic E-state index is 0.130. The molecule has 2 heteroatoms. The Balaban J connectivity index is 2.15. The minimum Gasteiger partial charge on any atom is -0.496 e. The summed E-state index contributed by atoms with van der Waals surface area (Å²) < 4.78 is 11.8. The van der Waals surface area contributed by atoms with Gasteiger partial charge in [0.1, 0.15) is 11.5 Å². The van der Waals surface area contributed by atoms with Crippen molar-refractivity contribution in [3.05, 3.63) is 57.6 Å². The first-order chi connectivity index (χ1) is 13.0. The molecule has 0 heterocycles. The average molecular weight is 381 g/mol. The first-order valence-corrected chi connectivity index (χ1v) is 10.4. The second kappa shape index (κ2) is 7.46. The van der Waals surface area contributed by atoms with Crippen LogP contribution in [0.4, 0.5) is 0 Å². The highest BCUT2D eigenvalue weighted by molar-refractivity contribution is 5.52. The monoisotopic (exact) mass is 380 g/mol. The fraction of sp³-hybridized carbons (Fsp3) is 0.538. The summed E-state index contributed by atoms with van der Waals surface area (Å²) in [6.45, 7) is 13.7. The van der Waals surface area contributed by atoms with Crippen LogP contribution in [0.5, 0.6) is 11.5 Å². The Morgan fingerprint density at radius 2 is 0.786 bits per heavy atom. The van der Waals surface area contributed by atoms with Gasteiger partial charge >= 0.3 is 0 Å². The lowest BCUT2D eigenvalue weighted by Crippen LogP contribution is -2.16. The second-order valence-electron chi connectivity index (χ2n) is 10.2. The Kier molecular flexibility index (Phi) is 5.53. The van der Waals surface area contributed by atoms with Gasteiger partial charge in [0.05, 0.1) is 14.2 Å². The normalized spacial score (nSPS) is 14.6. The Labute approximate surface area is 171 Å². The zero-order valence-corrected chi connectivity index (χ0v) is 19.0. The standard InChI is InChI=1S/C26H36O2/c1-25(2,3)21-13-17-9-11-19-15-22(26(4,5)6)16-20(24(19)28-8)12-10-18(14-21)23(17)27-7/h13-16H,9-12H2,1-8H3. The SMILES string of the molecule is COc1c2cc(C(C)(C)C)cc1CCc1cc(C(C)(C)C)cc(c1OC)CC2. The van der Waals surface area contributed by atoms with Crippen molar-refractivity contribution in [3.63, 3.8) is 0 Å². The van der Waals surface area contributed by atoms with Crippen LogP contribution in [0, 0.1) is 0 Å². The Morgan fingerprint density at radius 3 is 0.964 bits per heavy atom. The number of methoxy groups -OCH3 is 2. The van der Waals surface area contributed by atoms with E-state index >= 15 is 0 Å². The molecule has 0 aromatic heterocycles. The summed E-state index contributed by atoms with van der Waals surface area (Å²) in [7, 11) is 3.62. The lowest BCUT2D eigenvalue weighted by molar-refractivity contribution is 0.395. The predicted molar refractivity (Wildman–Crippen MR) is 118 cm³/mol. The molecule has 0 aliphatic heterocycles. The van der Waals surface area contributed by atoms with Gasteiger partial charge in [-0.15, -0.1) is 0 Å². The van der Waals surface area contributed by atoms with E-state index in [0.29, 0.717) is 0 Å². The van der Waals surface area contributed by atoms with Crippen molar-refractivity contribution < 1.29 is 9.47 Å². The molecule has 2 aromatic rings. The van der Waals surface area contributed by atoms with Crippen molar-refractivity contribution in [1.29, 1.82) is 0 Å². The van der Waals surface area contributed by atoms with Gasteiger partial charge in [0.2, 0.25) is 0 Å². The smallest absolute Gasteiger partial charge is 0.125 e. The summed E-state index contributed by atoms with van der Waals surface area (Å²) in [5.41, 5.74) is 8.31. The molecule has 1 aliphatic carbocycles. The van der Waals surface area contributed by atoms with Crippen LogP contribution < -0.4 is 9.47 Å². The lowest BCUT2D eigenvalue weighted by atomic mass is 9.80. The van der Waals surface area contributed by atoms with Crippen molar-refractivity contribution in [3.8, 4) is 11.5 Å². The van der Waals surface area contributed by atoms with Crippen LogP contribution in [-0.4, -0.2) is 14.2 Å². The van der Waals surface area contributed by atoms with Gasteiger partial charge in [-0.1, -0.05) is 65.8 Å². The maximum absolute atomic E-state index is 5.89. The van der Waals surface area contributed by atoms with Crippen molar-refractivity contribution in [1.82, 2.24) is 0 Å². The average Bonchev–Trinajstić information content (AvgIpc) is 2.61. The molecule has 1 aliphatic rings. The molecule has 0 amide bonds. The first-order valence-electron chi connectivity index (χ1n) is 10.4. The fourth-order valence-electron chi connectivity index (χ4n) is 4.18. The highest BCUT2D eigenvalue weighted by atomic mass is 16.5. The largest absolute Gasteiger partial charge is 0.496 e. The molecule has 2 aromatic carbocycles. The van der Waals surface area contributed by atoms with E-state index in [9.17, 15) is 0 Å². The molecule has 152 valence electrons. The molecule has 3 rings (SSSR count). The molecule has 0 atom stereocenters. The molecule has 28 heavy (non-hydrogen) atoms. The Morgan fingerprint density at radius 1 is 0.536 bits per heavy atom. The zero-order valence-electron chi connectivity index (χ0n) is 19.0. The second-order valence-corrected chi connectivity index (χ2v) is 10.2. The van der Waals surface area contributed by atoms with E-state index in [0.717, 1.165) is 37.2 Å². The van der Waals surface area contributed by atoms with E-state index in [-0.39, 0.29) is 10.8 Å². The van der Waals surface area contributed by atoms with Crippen LogP contribution in [-0.2, 0) is 36.5 Å². The highest BCUT2D eigenvalue weighted by Crippen LogP contribution is 2.38. The van der Waals surface area contributed by atoms with E-state index < -0.39 is 0 Å². The third-order valence-corrected chi connectivity index (χ3v) is 5.95. The maximum atomic E-state index is 5.89. The van der Waals surface area contributed by atoms with Gasteiger partial charge in [0.15, 0.2) is 0 Å². The van der Waals surface area contributed by atoms with E-state index in [1.807, 2.05) is 14.2 Å². The number of hydrogen-bond donors (Lipinski definition) is 0. The molecule has 2 nitrogen and oxygen atoms in total. The van der Waals surface area contributed by atoms with Crippen molar-refractivity contribution in [2.24, 2.45) is 0 Å². The number of ether oxygens (including phenoxy) is 2. The van der Waals surface area contributed by atoms with Crippen molar-refractivity contribution >= 4 is 0 Å². The van der Waals surface area contributed by atoms with E-state index in [1.54, 1.807) is 0 Å². The van der Waals surface area contributed by atoms with Gasteiger partial charge in [0, 0.05) is 0 Å². The number of rotatable bonds is 2. The van der Waals surface area contributed by atoms with Crippen LogP contribution in [0.2, 0.25) is 0 Å². The van der Waals surface area contributed by atoms with Crippen LogP contribution in [0.15, 0.2) is 24.3 Å². The van der Waals surface area contributed by atoms with Crippen LogP contribution in [0.1, 0.15) is 74.9 Å². The van der Waals surface area contributed by atoms with Crippen molar-refractivity contribution in [2.45, 2.75) is 78.1 Å². The quantitative estimate of drug-likeness (QED) is 0.619. The number of hydrogen-bond acceptors (Lipinski definition) is 2. The summed E-state index contributed by atoms with van der Waals surface area (Å²) in [6, 6.07) is 9.41. The third-order valence-electron chi connectivity index (χ3n) is 5.95. The van der Waals surface area contributed by atoms with E-state index in [4.69, 9.17) is 9.47 Å². The summed E-state index contributed by atoms with van der Waals surface area (Å²) in [6.07, 6.45) is 3.85. The molecule has 0 unspecified atom stereocenters. The topological polar surface area (TPSA) is 18.5 Å². The molecule has 0 fully saturated rings. The van der Waals surface area contributed by atoms with Crippen LogP contribution in [0.3, 0.4) is 0 Å². The molecule has 0 N–H and O–H groups in total. The Bertz CT molecular complexity index is 739. The van der Waals surface area contributed by atoms with Gasteiger partial charge in [0.25, 0.3) is 0 Å². The third kappa shape index (κ3) is 4.06. The lowest BCUT2D eigenvalue weighted by Gasteiger charge is -2.27. The summed E-state index contributed by atoms with van der Waals surface area (Å²) in [4.78, 5) is 0. The van der Waals surface area contributed by atoms with E-state index in [1.165, 1.54) is 33.4 Å². The fourth-order valence-corrected chi connectivity index (χ4v) is 4.18. The molecule has 4 bridgehead atoms. The predicted octanol–water partition coefficient (Wildman–Crippen LogP) is 6.18. The Hall–Kier alpha value is -1.96. The van der Waals surface area contributed by atoms with Gasteiger partial charge < -0.3 is 9.47 Å². The van der Waals surface area contributed by atoms with E-state index in [2.05, 4.69) is 65.8 Å². The first kappa shape index (κ1) is 20.8. The van der Waals surface area contributed by atoms with Gasteiger partial charge in [-0.3, -0.25) is 0 Å². The van der Waals surface area contributed by atoms with Crippen molar-refractivity contribution in [2.75, 3.05) is 14.2 Å². The molecule has 0 radical (unpaired) electrons. The van der Waals surface area contributed by atoms with Crippen LogP contribution >= 0.6 is 0 Å². The van der Waals surface area contributed by atoms with Gasteiger partial charge in [-0.05, 0) is 69.9 Å². The number of benzene rings is 2. The number of aryl methyl sites for hydroxylation is 4. The molecular formula is C26H36O2. The highest BCUT2D eigenvalue weighted by Gasteiger charge is 2.24. The summed E-state index contributed by atoms with van der Waals surface area (Å²) in [5, 5.41) is 0.